The van der Waals surface area contributed by atoms with Crippen molar-refractivity contribution in [2.75, 3.05) is 5.32 Å². The van der Waals surface area contributed by atoms with Gasteiger partial charge in [-0.05, 0) is 47.6 Å². The molecule has 0 unspecified atom stereocenters. The van der Waals surface area contributed by atoms with Gasteiger partial charge in [0.2, 0.25) is 0 Å². The number of hydrogen-bond acceptors (Lipinski definition) is 2. The molecule has 0 radical (unpaired) electrons. The number of benzene rings is 3. The van der Waals surface area contributed by atoms with Gasteiger partial charge in [-0.1, -0.05) is 54.6 Å². The maximum Gasteiger partial charge on any atom is 0.191 e. The van der Waals surface area contributed by atoms with Gasteiger partial charge in [-0.15, -0.1) is 0 Å². The quantitative estimate of drug-likeness (QED) is 0.425. The first-order valence-corrected chi connectivity index (χ1v) is 7.78. The van der Waals surface area contributed by atoms with Crippen LogP contribution in [0.4, 0.5) is 5.69 Å². The van der Waals surface area contributed by atoms with Gasteiger partial charge >= 0.3 is 0 Å². The van der Waals surface area contributed by atoms with Gasteiger partial charge in [-0.2, -0.15) is 5.10 Å². The van der Waals surface area contributed by atoms with Crippen LogP contribution in [-0.4, -0.2) is 11.3 Å². The SMILES string of the molecule is Cc1cccc(NC(=S)N/N=C/c2cccc3ccccc23)c1. The van der Waals surface area contributed by atoms with Crippen molar-refractivity contribution in [2.45, 2.75) is 6.92 Å². The fraction of sp³-hybridized carbons (Fsp3) is 0.0526. The van der Waals surface area contributed by atoms with Gasteiger partial charge in [0.25, 0.3) is 0 Å². The van der Waals surface area contributed by atoms with Crippen LogP contribution in [0.1, 0.15) is 11.1 Å². The molecule has 2 N–H and O–H groups in total. The maximum absolute atomic E-state index is 5.25. The first-order valence-electron chi connectivity index (χ1n) is 7.37. The number of nitrogens with zero attached hydrogens (tertiary/aromatic N) is 1. The monoisotopic (exact) mass is 319 g/mol. The highest BCUT2D eigenvalue weighted by molar-refractivity contribution is 7.80. The number of hydrogen-bond donors (Lipinski definition) is 2. The zero-order valence-electron chi connectivity index (χ0n) is 12.8. The molecule has 114 valence electrons. The van der Waals surface area contributed by atoms with E-state index in [1.807, 2.05) is 55.5 Å². The van der Waals surface area contributed by atoms with E-state index >= 15 is 0 Å². The molecular weight excluding hydrogens is 302 g/mol. The number of anilines is 1. The van der Waals surface area contributed by atoms with E-state index < -0.39 is 0 Å². The highest BCUT2D eigenvalue weighted by atomic mass is 32.1. The predicted molar refractivity (Wildman–Crippen MR) is 102 cm³/mol. The van der Waals surface area contributed by atoms with Gasteiger partial charge in [-0.3, -0.25) is 5.43 Å². The van der Waals surface area contributed by atoms with Gasteiger partial charge in [0.15, 0.2) is 5.11 Å². The predicted octanol–water partition coefficient (Wildman–Crippen LogP) is 4.47. The third-order valence-corrected chi connectivity index (χ3v) is 3.66. The second-order valence-corrected chi connectivity index (χ2v) is 5.67. The van der Waals surface area contributed by atoms with Crippen LogP contribution in [0.15, 0.2) is 71.8 Å². The molecule has 0 aliphatic carbocycles. The van der Waals surface area contributed by atoms with E-state index in [1.54, 1.807) is 6.21 Å². The molecule has 3 nitrogen and oxygen atoms in total. The van der Waals surface area contributed by atoms with E-state index in [9.17, 15) is 0 Å². The summed E-state index contributed by atoms with van der Waals surface area (Å²) in [6.45, 7) is 2.04. The fourth-order valence-electron chi connectivity index (χ4n) is 2.41. The van der Waals surface area contributed by atoms with Gasteiger partial charge < -0.3 is 5.32 Å². The van der Waals surface area contributed by atoms with Crippen molar-refractivity contribution in [3.8, 4) is 0 Å². The Hall–Kier alpha value is -2.72. The molecule has 3 aromatic rings. The number of thiocarbonyl (C=S) groups is 1. The third kappa shape index (κ3) is 3.93. The van der Waals surface area contributed by atoms with E-state index in [0.717, 1.165) is 16.6 Å². The molecule has 3 aromatic carbocycles. The molecule has 0 aliphatic heterocycles. The Bertz CT molecular complexity index is 866. The largest absolute Gasteiger partial charge is 0.331 e. The molecule has 4 heteroatoms. The van der Waals surface area contributed by atoms with Crippen LogP contribution in [0.2, 0.25) is 0 Å². The molecular formula is C19H17N3S. The summed E-state index contributed by atoms with van der Waals surface area (Å²) in [5.74, 6) is 0. The van der Waals surface area contributed by atoms with Crippen molar-refractivity contribution in [1.82, 2.24) is 5.43 Å². The average molecular weight is 319 g/mol. The summed E-state index contributed by atoms with van der Waals surface area (Å²) >= 11 is 5.25. The summed E-state index contributed by atoms with van der Waals surface area (Å²) in [4.78, 5) is 0. The molecule has 0 saturated heterocycles. The van der Waals surface area contributed by atoms with Crippen LogP contribution in [0.25, 0.3) is 10.8 Å². The van der Waals surface area contributed by atoms with Crippen molar-refractivity contribution < 1.29 is 0 Å². The topological polar surface area (TPSA) is 36.4 Å². The first kappa shape index (κ1) is 15.2. The molecule has 0 aliphatic rings. The zero-order valence-corrected chi connectivity index (χ0v) is 13.6. The minimum Gasteiger partial charge on any atom is -0.331 e. The molecule has 0 fully saturated rings. The van der Waals surface area contributed by atoms with Crippen molar-refractivity contribution in [3.05, 3.63) is 77.9 Å². The lowest BCUT2D eigenvalue weighted by molar-refractivity contribution is 1.05. The molecule has 0 aromatic heterocycles. The van der Waals surface area contributed by atoms with Gasteiger partial charge in [0.1, 0.15) is 0 Å². The van der Waals surface area contributed by atoms with Crippen LogP contribution < -0.4 is 10.7 Å². The van der Waals surface area contributed by atoms with Gasteiger partial charge in [0.05, 0.1) is 6.21 Å². The van der Waals surface area contributed by atoms with Crippen molar-refractivity contribution in [3.63, 3.8) is 0 Å². The Balaban J connectivity index is 1.67. The highest BCUT2D eigenvalue weighted by Crippen LogP contribution is 2.16. The number of aryl methyl sites for hydroxylation is 1. The second kappa shape index (κ2) is 7.03. The fourth-order valence-corrected chi connectivity index (χ4v) is 2.58. The smallest absolute Gasteiger partial charge is 0.191 e. The van der Waals surface area contributed by atoms with Gasteiger partial charge in [0, 0.05) is 11.3 Å². The van der Waals surface area contributed by atoms with E-state index in [4.69, 9.17) is 12.2 Å². The van der Waals surface area contributed by atoms with E-state index in [1.165, 1.54) is 10.9 Å². The van der Waals surface area contributed by atoms with E-state index in [2.05, 4.69) is 34.0 Å². The van der Waals surface area contributed by atoms with Crippen molar-refractivity contribution in [1.29, 1.82) is 0 Å². The van der Waals surface area contributed by atoms with Crippen LogP contribution in [0, 0.1) is 6.92 Å². The second-order valence-electron chi connectivity index (χ2n) is 5.26. The minimum absolute atomic E-state index is 0.465. The summed E-state index contributed by atoms with van der Waals surface area (Å²) in [6, 6.07) is 22.4. The molecule has 3 rings (SSSR count). The highest BCUT2D eigenvalue weighted by Gasteiger charge is 1.98. The molecule has 0 spiro atoms. The van der Waals surface area contributed by atoms with Crippen molar-refractivity contribution >= 4 is 40.0 Å². The Labute approximate surface area is 141 Å². The number of hydrazone groups is 1. The first-order chi connectivity index (χ1) is 11.2. The van der Waals surface area contributed by atoms with E-state index in [-0.39, 0.29) is 0 Å². The Morgan fingerprint density at radius 1 is 1.00 bits per heavy atom. The zero-order chi connectivity index (χ0) is 16.1. The molecule has 0 saturated carbocycles. The van der Waals surface area contributed by atoms with Gasteiger partial charge in [-0.25, -0.2) is 0 Å². The number of fused-ring (bicyclic) bond motifs is 1. The normalized spacial score (nSPS) is 10.8. The van der Waals surface area contributed by atoms with Crippen molar-refractivity contribution in [2.24, 2.45) is 5.10 Å². The summed E-state index contributed by atoms with van der Waals surface area (Å²) in [6.07, 6.45) is 1.78. The number of rotatable bonds is 3. The lowest BCUT2D eigenvalue weighted by Gasteiger charge is -2.07. The lowest BCUT2D eigenvalue weighted by Crippen LogP contribution is -2.23. The Morgan fingerprint density at radius 3 is 2.65 bits per heavy atom. The minimum atomic E-state index is 0.465. The molecule has 0 heterocycles. The van der Waals surface area contributed by atoms with E-state index in [0.29, 0.717) is 5.11 Å². The Kier molecular flexibility index (Phi) is 4.64. The molecule has 0 bridgehead atoms. The summed E-state index contributed by atoms with van der Waals surface area (Å²) < 4.78 is 0. The van der Waals surface area contributed by atoms with Crippen LogP contribution >= 0.6 is 12.2 Å². The maximum atomic E-state index is 5.25. The average Bonchev–Trinajstić information content (AvgIpc) is 2.55. The summed E-state index contributed by atoms with van der Waals surface area (Å²) in [5.41, 5.74) is 6.03. The third-order valence-electron chi connectivity index (χ3n) is 3.47. The van der Waals surface area contributed by atoms with Crippen LogP contribution in [0.3, 0.4) is 0 Å². The number of nitrogens with one attached hydrogen (secondary N) is 2. The lowest BCUT2D eigenvalue weighted by atomic mass is 10.1. The summed E-state index contributed by atoms with van der Waals surface area (Å²) in [5, 5.41) is 10.2. The standard InChI is InChI=1S/C19H17N3S/c1-14-6-4-10-17(12-14)21-19(23)22-20-13-16-9-5-8-15-7-2-3-11-18(15)16/h2-13H,1H3,(H2,21,22,23)/b20-13+. The Morgan fingerprint density at radius 2 is 1.78 bits per heavy atom. The summed E-state index contributed by atoms with van der Waals surface area (Å²) in [7, 11) is 0. The van der Waals surface area contributed by atoms with Crippen LogP contribution in [-0.2, 0) is 0 Å². The molecule has 0 atom stereocenters. The van der Waals surface area contributed by atoms with Crippen LogP contribution in [0.5, 0.6) is 0 Å². The molecule has 23 heavy (non-hydrogen) atoms. The molecule has 0 amide bonds.